The molecule has 0 saturated carbocycles. The van der Waals surface area contributed by atoms with Gasteiger partial charge in [0.15, 0.2) is 17.1 Å². The molecule has 0 saturated heterocycles. The van der Waals surface area contributed by atoms with E-state index in [0.29, 0.717) is 27.9 Å². The number of aromatic amines is 1. The van der Waals surface area contributed by atoms with E-state index in [9.17, 15) is 9.18 Å². The Hall–Kier alpha value is -3.90. The third-order valence-electron chi connectivity index (χ3n) is 4.15. The number of anilines is 1. The lowest BCUT2D eigenvalue weighted by Gasteiger charge is -2.33. The van der Waals surface area contributed by atoms with Gasteiger partial charge in [-0.2, -0.15) is 5.26 Å². The van der Waals surface area contributed by atoms with Crippen LogP contribution in [0, 0.1) is 11.3 Å². The van der Waals surface area contributed by atoms with Crippen molar-refractivity contribution >= 4 is 22.7 Å². The van der Waals surface area contributed by atoms with Gasteiger partial charge in [0.1, 0.15) is 0 Å². The fourth-order valence-corrected chi connectivity index (χ4v) is 2.74. The number of benzene rings is 2. The Bertz CT molecular complexity index is 1190. The van der Waals surface area contributed by atoms with Crippen molar-refractivity contribution in [1.29, 1.82) is 5.26 Å². The first-order valence-corrected chi connectivity index (χ1v) is 7.89. The molecule has 0 radical (unpaired) electrons. The summed E-state index contributed by atoms with van der Waals surface area (Å²) < 4.78 is 19.5. The number of nitrogens with zero attached hydrogens (tertiary/aromatic N) is 2. The van der Waals surface area contributed by atoms with Gasteiger partial charge in [-0.1, -0.05) is 6.07 Å². The highest BCUT2D eigenvalue weighted by molar-refractivity contribution is 5.95. The monoisotopic (exact) mass is 364 g/mol. The molecule has 3 aromatic rings. The summed E-state index contributed by atoms with van der Waals surface area (Å²) in [6, 6.07) is 13.3. The first-order chi connectivity index (χ1) is 13.0. The third-order valence-corrected chi connectivity index (χ3v) is 4.15. The second-order valence-corrected chi connectivity index (χ2v) is 5.93. The highest BCUT2D eigenvalue weighted by Gasteiger charge is 2.36. The number of nitrogens with two attached hydrogens (primary N) is 1. The molecule has 0 bridgehead atoms. The number of halogens is 1. The summed E-state index contributed by atoms with van der Waals surface area (Å²) in [4.78, 5) is 17.8. The molecule has 0 aliphatic carbocycles. The van der Waals surface area contributed by atoms with Crippen LogP contribution in [0.2, 0.25) is 0 Å². The molecular formula is C18H13FN6O2. The Balaban J connectivity index is 1.64. The minimum atomic E-state index is -1.68. The van der Waals surface area contributed by atoms with Gasteiger partial charge in [-0.05, 0) is 36.4 Å². The summed E-state index contributed by atoms with van der Waals surface area (Å²) >= 11 is 0. The predicted molar refractivity (Wildman–Crippen MR) is 97.2 cm³/mol. The molecule has 1 unspecified atom stereocenters. The number of oxazole rings is 1. The molecule has 134 valence electrons. The summed E-state index contributed by atoms with van der Waals surface area (Å²) in [7, 11) is 0. The predicted octanol–water partition coefficient (Wildman–Crippen LogP) is 1.99. The summed E-state index contributed by atoms with van der Waals surface area (Å²) in [6.45, 7) is 0. The van der Waals surface area contributed by atoms with Crippen molar-refractivity contribution < 1.29 is 8.81 Å². The van der Waals surface area contributed by atoms with E-state index in [2.05, 4.69) is 20.6 Å². The standard InChI is InChI=1S/C18H13FN6O2/c19-15-9-22-16(23-12-4-1-10(8-20)2-5-12)25-18(15,21)11-3-6-14-13(7-11)24-17(26)27-14/h1-7,9H,21H2,(H,24,26)(H2,22,23,25). The van der Waals surface area contributed by atoms with E-state index in [-0.39, 0.29) is 5.96 Å². The Morgan fingerprint density at radius 1 is 1.26 bits per heavy atom. The summed E-state index contributed by atoms with van der Waals surface area (Å²) in [5.41, 5.74) is 6.87. The van der Waals surface area contributed by atoms with Crippen LogP contribution in [0.25, 0.3) is 11.1 Å². The minimum Gasteiger partial charge on any atom is -0.408 e. The molecule has 1 atom stereocenters. The molecule has 5 N–H and O–H groups in total. The van der Waals surface area contributed by atoms with Crippen LogP contribution in [0.15, 0.2) is 68.7 Å². The Morgan fingerprint density at radius 2 is 2.04 bits per heavy atom. The van der Waals surface area contributed by atoms with Gasteiger partial charge in [0.25, 0.3) is 0 Å². The van der Waals surface area contributed by atoms with Gasteiger partial charge in [0.05, 0.1) is 23.3 Å². The molecule has 2 aromatic carbocycles. The Kier molecular flexibility index (Phi) is 3.75. The molecule has 1 aliphatic heterocycles. The van der Waals surface area contributed by atoms with Crippen molar-refractivity contribution in [1.82, 2.24) is 10.3 Å². The lowest BCUT2D eigenvalue weighted by Crippen LogP contribution is -2.56. The fraction of sp³-hybridized carbons (Fsp3) is 0.0556. The van der Waals surface area contributed by atoms with Crippen LogP contribution in [0.4, 0.5) is 10.1 Å². The van der Waals surface area contributed by atoms with Crippen LogP contribution in [-0.2, 0) is 5.66 Å². The van der Waals surface area contributed by atoms with Gasteiger partial charge in [-0.25, -0.2) is 14.2 Å². The smallest absolute Gasteiger partial charge is 0.408 e. The van der Waals surface area contributed by atoms with E-state index in [1.54, 1.807) is 30.3 Å². The largest absolute Gasteiger partial charge is 0.417 e. The number of hydrogen-bond donors (Lipinski definition) is 4. The normalized spacial score (nSPS) is 19.0. The summed E-state index contributed by atoms with van der Waals surface area (Å²) in [5.74, 6) is -1.08. The number of rotatable bonds is 2. The number of guanidine groups is 1. The van der Waals surface area contributed by atoms with E-state index < -0.39 is 17.2 Å². The van der Waals surface area contributed by atoms with Gasteiger partial charge < -0.3 is 15.1 Å². The van der Waals surface area contributed by atoms with Gasteiger partial charge in [0, 0.05) is 11.3 Å². The second kappa shape index (κ2) is 6.12. The third kappa shape index (κ3) is 2.94. The minimum absolute atomic E-state index is 0.226. The molecule has 0 spiro atoms. The molecule has 0 fully saturated rings. The Labute approximate surface area is 151 Å². The number of nitrogens with one attached hydrogen (secondary N) is 3. The van der Waals surface area contributed by atoms with E-state index in [0.717, 1.165) is 6.20 Å². The van der Waals surface area contributed by atoms with Gasteiger partial charge in [-0.3, -0.25) is 10.7 Å². The van der Waals surface area contributed by atoms with Crippen LogP contribution in [-0.4, -0.2) is 10.9 Å². The number of hydrogen-bond acceptors (Lipinski definition) is 7. The first kappa shape index (κ1) is 16.6. The number of aliphatic imine (C=N–C) groups is 1. The van der Waals surface area contributed by atoms with Gasteiger partial charge in [-0.15, -0.1) is 0 Å². The summed E-state index contributed by atoms with van der Waals surface area (Å²) in [5, 5.41) is 14.7. The maximum Gasteiger partial charge on any atom is 0.417 e. The average molecular weight is 364 g/mol. The first-order valence-electron chi connectivity index (χ1n) is 7.89. The molecule has 27 heavy (non-hydrogen) atoms. The van der Waals surface area contributed by atoms with Crippen LogP contribution >= 0.6 is 0 Å². The van der Waals surface area contributed by atoms with E-state index >= 15 is 0 Å². The topological polar surface area (TPSA) is 132 Å². The lowest BCUT2D eigenvalue weighted by molar-refractivity contribution is 0.374. The van der Waals surface area contributed by atoms with Crippen molar-refractivity contribution in [2.75, 3.05) is 5.32 Å². The molecule has 4 rings (SSSR count). The van der Waals surface area contributed by atoms with Gasteiger partial charge >= 0.3 is 5.76 Å². The zero-order valence-electron chi connectivity index (χ0n) is 13.8. The maximum absolute atomic E-state index is 14.5. The fourth-order valence-electron chi connectivity index (χ4n) is 2.74. The van der Waals surface area contributed by atoms with Crippen LogP contribution < -0.4 is 22.1 Å². The van der Waals surface area contributed by atoms with Crippen molar-refractivity contribution in [2.45, 2.75) is 5.66 Å². The molecule has 1 aliphatic rings. The van der Waals surface area contributed by atoms with Crippen molar-refractivity contribution in [2.24, 2.45) is 10.7 Å². The zero-order chi connectivity index (χ0) is 19.0. The van der Waals surface area contributed by atoms with E-state index in [1.165, 1.54) is 12.1 Å². The molecule has 8 nitrogen and oxygen atoms in total. The lowest BCUT2D eigenvalue weighted by atomic mass is 9.98. The molecule has 2 heterocycles. The molecular weight excluding hydrogens is 351 g/mol. The number of aromatic nitrogens is 1. The van der Waals surface area contributed by atoms with E-state index in [4.69, 9.17) is 15.4 Å². The van der Waals surface area contributed by atoms with Crippen LogP contribution in [0.5, 0.6) is 0 Å². The number of fused-ring (bicyclic) bond motifs is 1. The van der Waals surface area contributed by atoms with Crippen molar-refractivity contribution in [3.05, 3.63) is 76.2 Å². The number of nitriles is 1. The van der Waals surface area contributed by atoms with Crippen molar-refractivity contribution in [3.63, 3.8) is 0 Å². The molecule has 0 amide bonds. The van der Waals surface area contributed by atoms with Gasteiger partial charge in [0.2, 0.25) is 5.96 Å². The molecule has 1 aromatic heterocycles. The second-order valence-electron chi connectivity index (χ2n) is 5.93. The zero-order valence-corrected chi connectivity index (χ0v) is 13.8. The SMILES string of the molecule is N#Cc1ccc(NC2=NC=C(F)C(N)(c3ccc4oc(=O)[nH]c4c3)N2)cc1. The average Bonchev–Trinajstić information content (AvgIpc) is 3.04. The summed E-state index contributed by atoms with van der Waals surface area (Å²) in [6.07, 6.45) is 1.02. The quantitative estimate of drug-likeness (QED) is 0.550. The Morgan fingerprint density at radius 3 is 2.78 bits per heavy atom. The van der Waals surface area contributed by atoms with Crippen molar-refractivity contribution in [3.8, 4) is 6.07 Å². The van der Waals surface area contributed by atoms with E-state index in [1.807, 2.05) is 6.07 Å². The van der Waals surface area contributed by atoms with Crippen LogP contribution in [0.1, 0.15) is 11.1 Å². The highest BCUT2D eigenvalue weighted by Crippen LogP contribution is 2.29. The maximum atomic E-state index is 14.5. The highest BCUT2D eigenvalue weighted by atomic mass is 19.1. The van der Waals surface area contributed by atoms with Crippen LogP contribution in [0.3, 0.4) is 0 Å². The number of H-pyrrole nitrogens is 1. The molecule has 9 heteroatoms.